The number of carboxylic acid groups (broad SMARTS) is 2. The molecule has 0 saturated heterocycles. The third-order valence-electron chi connectivity index (χ3n) is 1.94. The van der Waals surface area contributed by atoms with E-state index in [2.05, 4.69) is 0 Å². The van der Waals surface area contributed by atoms with Crippen molar-refractivity contribution >= 4 is 63.6 Å². The molecule has 2 N–H and O–H groups in total. The lowest BCUT2D eigenvalue weighted by atomic mass is 10.0. The Labute approximate surface area is 120 Å². The zero-order valence-electron chi connectivity index (χ0n) is 8.13. The number of hydrogen-bond donors (Lipinski definition) is 2. The molecule has 0 unspecified atom stereocenters. The Bertz CT molecular complexity index is 581. The summed E-state index contributed by atoms with van der Waals surface area (Å²) in [5, 5.41) is 14.9. The quantitative estimate of drug-likeness (QED) is 0.654. The highest BCUT2D eigenvalue weighted by molar-refractivity contribution is 6.70. The molecule has 0 atom stereocenters. The minimum absolute atomic E-state index is 0.510. The Morgan fingerprint density at radius 2 is 1.06 bits per heavy atom. The van der Waals surface area contributed by atoms with Crippen LogP contribution in [0.4, 0.5) is 0 Å². The second-order valence-corrected chi connectivity index (χ2v) is 4.43. The molecule has 0 aliphatic heterocycles. The van der Waals surface area contributed by atoms with Crippen molar-refractivity contribution in [1.29, 1.82) is 0 Å². The van der Waals surface area contributed by atoms with Crippen molar-refractivity contribution in [3.63, 3.8) is 0 Å². The van der Waals surface area contributed by atoms with E-state index >= 15 is 0 Å². The predicted octanol–water partition coefficient (Wildman–Crippen LogP) is 3.42. The van der Waals surface area contributed by atoms with Gasteiger partial charge in [-0.3, -0.25) is 4.79 Å². The van der Waals surface area contributed by atoms with Gasteiger partial charge in [-0.1, -0.05) is 34.8 Å². The molecule has 0 saturated carbocycles. The third-order valence-corrected chi connectivity index (χ3v) is 3.36. The van der Waals surface area contributed by atoms with Crippen molar-refractivity contribution in [3.8, 4) is 0 Å². The minimum Gasteiger partial charge on any atom is -0.478 e. The zero-order valence-corrected chi connectivity index (χ0v) is 11.2. The SMILES string of the molecule is O=C(Cl)c1c(Cl)c(Cl)c(C(=O)O)c(C(=O)O)c1Cl. The second kappa shape index (κ2) is 5.32. The lowest BCUT2D eigenvalue weighted by Crippen LogP contribution is -2.13. The topological polar surface area (TPSA) is 91.7 Å². The monoisotopic (exact) mass is 330 g/mol. The molecule has 1 aromatic carbocycles. The molecule has 0 amide bonds. The number of benzene rings is 1. The van der Waals surface area contributed by atoms with Crippen molar-refractivity contribution < 1.29 is 24.6 Å². The summed E-state index contributed by atoms with van der Waals surface area (Å²) in [5.74, 6) is -3.31. The molecule has 0 aromatic heterocycles. The number of halogens is 4. The van der Waals surface area contributed by atoms with Crippen molar-refractivity contribution in [2.45, 2.75) is 0 Å². The summed E-state index contributed by atoms with van der Waals surface area (Å²) in [6.07, 6.45) is 0. The van der Waals surface area contributed by atoms with Crippen LogP contribution in [0.2, 0.25) is 15.1 Å². The van der Waals surface area contributed by atoms with Crippen LogP contribution in [0.3, 0.4) is 0 Å². The van der Waals surface area contributed by atoms with Crippen LogP contribution in [-0.4, -0.2) is 27.4 Å². The summed E-state index contributed by atoms with van der Waals surface area (Å²) in [4.78, 5) is 33.0. The Morgan fingerprint density at radius 3 is 1.39 bits per heavy atom. The normalized spacial score (nSPS) is 10.2. The summed E-state index contributed by atoms with van der Waals surface area (Å²) in [5.41, 5.74) is -2.20. The molecule has 5 nitrogen and oxygen atoms in total. The van der Waals surface area contributed by atoms with Gasteiger partial charge in [0.15, 0.2) is 0 Å². The van der Waals surface area contributed by atoms with Gasteiger partial charge < -0.3 is 10.2 Å². The largest absolute Gasteiger partial charge is 0.478 e. The lowest BCUT2D eigenvalue weighted by Gasteiger charge is -2.11. The van der Waals surface area contributed by atoms with E-state index in [1.54, 1.807) is 0 Å². The van der Waals surface area contributed by atoms with Crippen molar-refractivity contribution in [3.05, 3.63) is 31.8 Å². The minimum atomic E-state index is -1.67. The van der Waals surface area contributed by atoms with Crippen LogP contribution in [0.1, 0.15) is 31.1 Å². The van der Waals surface area contributed by atoms with E-state index in [9.17, 15) is 14.4 Å². The molecule has 0 fully saturated rings. The van der Waals surface area contributed by atoms with E-state index in [4.69, 9.17) is 56.6 Å². The number of rotatable bonds is 3. The number of carboxylic acids is 2. The highest BCUT2D eigenvalue weighted by Gasteiger charge is 2.30. The van der Waals surface area contributed by atoms with Gasteiger partial charge in [-0.05, 0) is 11.6 Å². The average Bonchev–Trinajstić information content (AvgIpc) is 2.21. The van der Waals surface area contributed by atoms with Crippen LogP contribution in [-0.2, 0) is 0 Å². The van der Waals surface area contributed by atoms with Gasteiger partial charge in [-0.25, -0.2) is 9.59 Å². The van der Waals surface area contributed by atoms with Crippen LogP contribution in [0, 0.1) is 0 Å². The van der Waals surface area contributed by atoms with Crippen LogP contribution in [0.5, 0.6) is 0 Å². The van der Waals surface area contributed by atoms with Crippen molar-refractivity contribution in [1.82, 2.24) is 0 Å². The number of hydrogen-bond acceptors (Lipinski definition) is 3. The van der Waals surface area contributed by atoms with E-state index < -0.39 is 48.9 Å². The molecule has 1 rings (SSSR count). The highest BCUT2D eigenvalue weighted by Crippen LogP contribution is 2.39. The Hall–Kier alpha value is -1.01. The van der Waals surface area contributed by atoms with Crippen molar-refractivity contribution in [2.75, 3.05) is 0 Å². The van der Waals surface area contributed by atoms with E-state index in [1.165, 1.54) is 0 Å². The molecule has 0 aliphatic rings. The maximum absolute atomic E-state index is 11.1. The number of carbonyl (C=O) groups is 3. The van der Waals surface area contributed by atoms with Gasteiger partial charge in [0.05, 0.1) is 31.8 Å². The van der Waals surface area contributed by atoms with Gasteiger partial charge in [0.2, 0.25) is 0 Å². The molecule has 18 heavy (non-hydrogen) atoms. The second-order valence-electron chi connectivity index (χ2n) is 2.95. The molecular formula is C9H2Cl4O5. The van der Waals surface area contributed by atoms with Gasteiger partial charge >= 0.3 is 11.9 Å². The fraction of sp³-hybridized carbons (Fsp3) is 0. The van der Waals surface area contributed by atoms with Crippen LogP contribution in [0.25, 0.3) is 0 Å². The average molecular weight is 332 g/mol. The van der Waals surface area contributed by atoms with Crippen LogP contribution in [0.15, 0.2) is 0 Å². The fourth-order valence-electron chi connectivity index (χ4n) is 1.23. The van der Waals surface area contributed by atoms with E-state index in [0.29, 0.717) is 0 Å². The highest BCUT2D eigenvalue weighted by atomic mass is 35.5. The molecule has 96 valence electrons. The van der Waals surface area contributed by atoms with E-state index in [0.717, 1.165) is 0 Å². The molecule has 0 heterocycles. The first-order valence-electron chi connectivity index (χ1n) is 4.07. The van der Waals surface area contributed by atoms with Gasteiger partial charge in [0.25, 0.3) is 5.24 Å². The first-order valence-corrected chi connectivity index (χ1v) is 5.58. The molecule has 0 radical (unpaired) electrons. The smallest absolute Gasteiger partial charge is 0.338 e. The Morgan fingerprint density at radius 1 is 0.722 bits per heavy atom. The van der Waals surface area contributed by atoms with Crippen LogP contribution < -0.4 is 0 Å². The Balaban J connectivity index is 3.94. The zero-order chi connectivity index (χ0) is 14.2. The fourth-order valence-corrected chi connectivity index (χ4v) is 2.47. The first-order chi connectivity index (χ1) is 8.20. The summed E-state index contributed by atoms with van der Waals surface area (Å²) in [7, 11) is 0. The van der Waals surface area contributed by atoms with E-state index in [-0.39, 0.29) is 0 Å². The Kier molecular flexibility index (Phi) is 4.45. The van der Waals surface area contributed by atoms with Gasteiger partial charge in [0.1, 0.15) is 0 Å². The lowest BCUT2D eigenvalue weighted by molar-refractivity contribution is 0.0651. The van der Waals surface area contributed by atoms with Crippen LogP contribution >= 0.6 is 46.4 Å². The van der Waals surface area contributed by atoms with E-state index in [1.807, 2.05) is 0 Å². The van der Waals surface area contributed by atoms with Crippen molar-refractivity contribution in [2.24, 2.45) is 0 Å². The third kappa shape index (κ3) is 2.40. The molecule has 0 aliphatic carbocycles. The van der Waals surface area contributed by atoms with Gasteiger partial charge in [-0.2, -0.15) is 0 Å². The maximum Gasteiger partial charge on any atom is 0.338 e. The molecule has 1 aromatic rings. The summed E-state index contributed by atoms with van der Waals surface area (Å²) >= 11 is 22.1. The predicted molar refractivity (Wildman–Crippen MR) is 65.6 cm³/mol. The first kappa shape index (κ1) is 15.0. The number of aromatic carboxylic acids is 2. The maximum atomic E-state index is 11.1. The molecular weight excluding hydrogens is 330 g/mol. The standard InChI is InChI=1S/C9H2Cl4O5/c10-4-1(8(15)16)2(9(17)18)5(11)6(12)3(4)7(13)14/h(H,15,16)(H,17,18). The van der Waals surface area contributed by atoms with Gasteiger partial charge in [0, 0.05) is 0 Å². The molecule has 9 heteroatoms. The summed E-state index contributed by atoms with van der Waals surface area (Å²) in [6, 6.07) is 0. The molecule has 0 spiro atoms. The molecule has 0 bridgehead atoms. The number of carbonyl (C=O) groups excluding carboxylic acids is 1. The summed E-state index contributed by atoms with van der Waals surface area (Å²) < 4.78 is 0. The summed E-state index contributed by atoms with van der Waals surface area (Å²) in [6.45, 7) is 0. The van der Waals surface area contributed by atoms with Gasteiger partial charge in [-0.15, -0.1) is 0 Å².